The number of hydrogen-bond acceptors (Lipinski definition) is 5. The van der Waals surface area contributed by atoms with Crippen LogP contribution in [-0.2, 0) is 6.54 Å². The molecule has 1 aromatic heterocycles. The van der Waals surface area contributed by atoms with E-state index in [-0.39, 0.29) is 17.4 Å². The Kier molecular flexibility index (Phi) is 7.08. The van der Waals surface area contributed by atoms with Crippen molar-refractivity contribution in [2.45, 2.75) is 19.5 Å². The van der Waals surface area contributed by atoms with Crippen molar-refractivity contribution in [1.82, 2.24) is 14.4 Å². The summed E-state index contributed by atoms with van der Waals surface area (Å²) in [6, 6.07) is 16.6. The second kappa shape index (κ2) is 10.00. The summed E-state index contributed by atoms with van der Waals surface area (Å²) in [6.45, 7) is 5.62. The minimum absolute atomic E-state index is 0.0207. The van der Waals surface area contributed by atoms with E-state index in [0.29, 0.717) is 22.8 Å². The van der Waals surface area contributed by atoms with E-state index >= 15 is 0 Å². The van der Waals surface area contributed by atoms with Crippen LogP contribution >= 0.6 is 11.6 Å². The number of halogens is 1. The normalized spacial score (nSPS) is 16.0. The van der Waals surface area contributed by atoms with Crippen LogP contribution in [-0.4, -0.2) is 59.8 Å². The van der Waals surface area contributed by atoms with E-state index < -0.39 is 0 Å². The third-order valence-electron chi connectivity index (χ3n) is 6.36. The van der Waals surface area contributed by atoms with E-state index in [1.54, 1.807) is 17.7 Å². The molecule has 2 aromatic carbocycles. The molecule has 0 bridgehead atoms. The molecule has 4 rings (SSSR count). The first-order valence-corrected chi connectivity index (χ1v) is 11.5. The standard InChI is InChI=1S/C26H30ClN3O3/c1-18-15-23(31)24(26(32)30(18)17-19-7-9-22(33-3)10-8-19)25(20-5-4-6-21(27)16-20)29-13-11-28(2)12-14-29/h4-10,15-16,25,31H,11-14,17H2,1-3H3/t25-/m1/s1. The minimum atomic E-state index is -0.382. The number of aryl methyl sites for hydroxylation is 1. The summed E-state index contributed by atoms with van der Waals surface area (Å²) in [6.07, 6.45) is 0. The van der Waals surface area contributed by atoms with Gasteiger partial charge in [0.15, 0.2) is 0 Å². The van der Waals surface area contributed by atoms with Crippen LogP contribution in [0.2, 0.25) is 5.02 Å². The Morgan fingerprint density at radius 3 is 2.39 bits per heavy atom. The van der Waals surface area contributed by atoms with Gasteiger partial charge in [-0.05, 0) is 55.4 Å². The molecule has 0 aliphatic carbocycles. The number of pyridine rings is 1. The largest absolute Gasteiger partial charge is 0.507 e. The monoisotopic (exact) mass is 467 g/mol. The number of piperazine rings is 1. The van der Waals surface area contributed by atoms with Gasteiger partial charge in [0, 0.05) is 36.9 Å². The third kappa shape index (κ3) is 5.08. The lowest BCUT2D eigenvalue weighted by atomic mass is 9.96. The quantitative estimate of drug-likeness (QED) is 0.595. The van der Waals surface area contributed by atoms with E-state index in [1.165, 1.54) is 0 Å². The molecule has 1 atom stereocenters. The molecule has 1 N–H and O–H groups in total. The molecule has 0 spiro atoms. The van der Waals surface area contributed by atoms with Crippen LogP contribution in [0.3, 0.4) is 0 Å². The highest BCUT2D eigenvalue weighted by Crippen LogP contribution is 2.34. The average Bonchev–Trinajstić information content (AvgIpc) is 2.80. The zero-order valence-corrected chi connectivity index (χ0v) is 20.0. The predicted molar refractivity (Wildman–Crippen MR) is 132 cm³/mol. The van der Waals surface area contributed by atoms with Crippen molar-refractivity contribution >= 4 is 11.6 Å². The van der Waals surface area contributed by atoms with Gasteiger partial charge in [0.25, 0.3) is 5.56 Å². The second-order valence-electron chi connectivity index (χ2n) is 8.62. The molecule has 0 unspecified atom stereocenters. The van der Waals surface area contributed by atoms with Gasteiger partial charge in [0.1, 0.15) is 11.5 Å². The van der Waals surface area contributed by atoms with Gasteiger partial charge in [-0.3, -0.25) is 9.69 Å². The van der Waals surface area contributed by atoms with Crippen molar-refractivity contribution in [1.29, 1.82) is 0 Å². The van der Waals surface area contributed by atoms with Crippen molar-refractivity contribution < 1.29 is 9.84 Å². The molecule has 0 amide bonds. The molecule has 1 aliphatic rings. The smallest absolute Gasteiger partial charge is 0.259 e. The summed E-state index contributed by atoms with van der Waals surface area (Å²) >= 11 is 6.32. The number of likely N-dealkylation sites (N-methyl/N-ethyl adjacent to an activating group) is 1. The molecule has 2 heterocycles. The Morgan fingerprint density at radius 2 is 1.76 bits per heavy atom. The van der Waals surface area contributed by atoms with Gasteiger partial charge in [0.2, 0.25) is 0 Å². The van der Waals surface area contributed by atoms with Crippen LogP contribution < -0.4 is 10.3 Å². The third-order valence-corrected chi connectivity index (χ3v) is 6.60. The Balaban J connectivity index is 1.80. The lowest BCUT2D eigenvalue weighted by Crippen LogP contribution is -2.47. The highest BCUT2D eigenvalue weighted by atomic mass is 35.5. The zero-order valence-electron chi connectivity index (χ0n) is 19.3. The molecule has 33 heavy (non-hydrogen) atoms. The summed E-state index contributed by atoms with van der Waals surface area (Å²) in [4.78, 5) is 18.4. The molecule has 6 nitrogen and oxygen atoms in total. The van der Waals surface area contributed by atoms with E-state index in [9.17, 15) is 9.90 Å². The molecule has 0 radical (unpaired) electrons. The predicted octanol–water partition coefficient (Wildman–Crippen LogP) is 3.91. The number of rotatable bonds is 6. The second-order valence-corrected chi connectivity index (χ2v) is 9.06. The van der Waals surface area contributed by atoms with Crippen molar-refractivity contribution in [3.63, 3.8) is 0 Å². The van der Waals surface area contributed by atoms with Gasteiger partial charge in [-0.2, -0.15) is 0 Å². The van der Waals surface area contributed by atoms with Crippen LogP contribution in [0.15, 0.2) is 59.4 Å². The summed E-state index contributed by atoms with van der Waals surface area (Å²) in [5.41, 5.74) is 2.80. The molecule has 174 valence electrons. The van der Waals surface area contributed by atoms with Crippen LogP contribution in [0.25, 0.3) is 0 Å². The number of ether oxygens (including phenoxy) is 1. The van der Waals surface area contributed by atoms with Crippen LogP contribution in [0.5, 0.6) is 11.5 Å². The first-order chi connectivity index (χ1) is 15.9. The molecule has 1 aliphatic heterocycles. The Morgan fingerprint density at radius 1 is 1.06 bits per heavy atom. The van der Waals surface area contributed by atoms with Crippen molar-refractivity contribution in [2.24, 2.45) is 0 Å². The fourth-order valence-electron chi connectivity index (χ4n) is 4.45. The van der Waals surface area contributed by atoms with Crippen molar-refractivity contribution in [3.8, 4) is 11.5 Å². The molecular weight excluding hydrogens is 438 g/mol. The lowest BCUT2D eigenvalue weighted by molar-refractivity contribution is 0.125. The number of benzene rings is 2. The molecular formula is C26H30ClN3O3. The van der Waals surface area contributed by atoms with E-state index in [2.05, 4.69) is 16.8 Å². The molecule has 7 heteroatoms. The Labute approximate surface area is 199 Å². The molecule has 1 fully saturated rings. The summed E-state index contributed by atoms with van der Waals surface area (Å²) in [7, 11) is 3.72. The van der Waals surface area contributed by atoms with Crippen molar-refractivity contribution in [2.75, 3.05) is 40.3 Å². The maximum Gasteiger partial charge on any atom is 0.259 e. The topological polar surface area (TPSA) is 57.9 Å². The summed E-state index contributed by atoms with van der Waals surface area (Å²) in [5.74, 6) is 0.790. The van der Waals surface area contributed by atoms with Crippen LogP contribution in [0.4, 0.5) is 0 Å². The van der Waals surface area contributed by atoms with Crippen molar-refractivity contribution in [3.05, 3.63) is 92.4 Å². The van der Waals surface area contributed by atoms with Gasteiger partial charge in [-0.1, -0.05) is 35.9 Å². The highest BCUT2D eigenvalue weighted by molar-refractivity contribution is 6.30. The average molecular weight is 468 g/mol. The van der Waals surface area contributed by atoms with Gasteiger partial charge >= 0.3 is 0 Å². The molecule has 1 saturated heterocycles. The maximum absolute atomic E-state index is 13.9. The highest BCUT2D eigenvalue weighted by Gasteiger charge is 2.31. The van der Waals surface area contributed by atoms with E-state index in [0.717, 1.165) is 43.1 Å². The number of aromatic nitrogens is 1. The summed E-state index contributed by atoms with van der Waals surface area (Å²) in [5, 5.41) is 11.6. The number of nitrogens with zero attached hydrogens (tertiary/aromatic N) is 3. The number of hydrogen-bond donors (Lipinski definition) is 1. The summed E-state index contributed by atoms with van der Waals surface area (Å²) < 4.78 is 6.97. The van der Waals surface area contributed by atoms with Gasteiger partial charge in [0.05, 0.1) is 25.3 Å². The van der Waals surface area contributed by atoms with Gasteiger partial charge < -0.3 is 19.3 Å². The van der Waals surface area contributed by atoms with Crippen LogP contribution in [0, 0.1) is 6.92 Å². The maximum atomic E-state index is 13.9. The first-order valence-electron chi connectivity index (χ1n) is 11.1. The minimum Gasteiger partial charge on any atom is -0.507 e. The van der Waals surface area contributed by atoms with E-state index in [1.807, 2.05) is 55.5 Å². The Bertz CT molecular complexity index is 1170. The fourth-order valence-corrected chi connectivity index (χ4v) is 4.65. The SMILES string of the molecule is COc1ccc(Cn2c(C)cc(O)c([C@@H](c3cccc(Cl)c3)N3CCN(C)CC3)c2=O)cc1. The first kappa shape index (κ1) is 23.4. The molecule has 3 aromatic rings. The number of methoxy groups -OCH3 is 1. The number of aromatic hydroxyl groups is 1. The zero-order chi connectivity index (χ0) is 23.5. The van der Waals surface area contributed by atoms with Crippen LogP contribution in [0.1, 0.15) is 28.4 Å². The van der Waals surface area contributed by atoms with E-state index in [4.69, 9.17) is 16.3 Å². The Hall–Kier alpha value is -2.80. The molecule has 0 saturated carbocycles. The lowest BCUT2D eigenvalue weighted by Gasteiger charge is -2.38. The van der Waals surface area contributed by atoms with Gasteiger partial charge in [-0.15, -0.1) is 0 Å². The van der Waals surface area contributed by atoms with Gasteiger partial charge in [-0.25, -0.2) is 0 Å². The fraction of sp³-hybridized carbons (Fsp3) is 0.346.